The number of hydrogen-bond acceptors (Lipinski definition) is 5. The molecule has 0 radical (unpaired) electrons. The molecule has 0 spiro atoms. The molecule has 1 aromatic carbocycles. The first-order valence-corrected chi connectivity index (χ1v) is 11.1. The lowest BCUT2D eigenvalue weighted by atomic mass is 9.91. The number of aromatic nitrogens is 5. The number of aromatic amines is 1. The van der Waals surface area contributed by atoms with Crippen LogP contribution in [0.2, 0.25) is 0 Å². The smallest absolute Gasteiger partial charge is 0.135 e. The van der Waals surface area contributed by atoms with Crippen molar-refractivity contribution in [1.29, 1.82) is 0 Å². The molecule has 0 saturated heterocycles. The molecule has 1 unspecified atom stereocenters. The predicted octanol–water partition coefficient (Wildman–Crippen LogP) is 5.71. The highest BCUT2D eigenvalue weighted by molar-refractivity contribution is 5.62. The summed E-state index contributed by atoms with van der Waals surface area (Å²) in [6, 6.07) is 12.8. The number of aliphatic hydroxyl groups is 1. The van der Waals surface area contributed by atoms with E-state index < -0.39 is 17.2 Å². The van der Waals surface area contributed by atoms with Gasteiger partial charge in [0.25, 0.3) is 0 Å². The molecule has 3 heterocycles. The SMILES string of the molecule is CC(C)c1cc(-c2c(F)cccc2F)nnc1C(C)c1cccc(-c2cc(C(C)(C)O)[nH]n2)n1. The van der Waals surface area contributed by atoms with Gasteiger partial charge >= 0.3 is 0 Å². The standard InChI is InChI=1S/C26H27F2N5O/c1-14(2)16-12-22(24-17(27)8-6-9-18(24)28)31-33-25(16)15(3)19-10-7-11-20(29-19)21-13-23(32-30-21)26(4,5)34/h6-15,34H,1-5H3,(H,30,32). The van der Waals surface area contributed by atoms with E-state index >= 15 is 0 Å². The Balaban J connectivity index is 1.73. The topological polar surface area (TPSA) is 87.6 Å². The van der Waals surface area contributed by atoms with E-state index in [1.807, 2.05) is 39.0 Å². The summed E-state index contributed by atoms with van der Waals surface area (Å²) in [5.74, 6) is -1.53. The molecule has 8 heteroatoms. The van der Waals surface area contributed by atoms with Crippen molar-refractivity contribution < 1.29 is 13.9 Å². The minimum atomic E-state index is -1.04. The van der Waals surface area contributed by atoms with Crippen molar-refractivity contribution in [3.05, 3.63) is 82.8 Å². The van der Waals surface area contributed by atoms with E-state index in [0.717, 1.165) is 11.3 Å². The largest absolute Gasteiger partial charge is 0.384 e. The Bertz CT molecular complexity index is 1310. The van der Waals surface area contributed by atoms with Crippen molar-refractivity contribution in [1.82, 2.24) is 25.4 Å². The summed E-state index contributed by atoms with van der Waals surface area (Å²) in [6.07, 6.45) is 0. The summed E-state index contributed by atoms with van der Waals surface area (Å²) < 4.78 is 28.7. The van der Waals surface area contributed by atoms with Gasteiger partial charge in [0, 0.05) is 11.6 Å². The lowest BCUT2D eigenvalue weighted by Crippen LogP contribution is -2.15. The van der Waals surface area contributed by atoms with Gasteiger partial charge in [0.1, 0.15) is 22.9 Å². The molecule has 3 aromatic heterocycles. The molecular formula is C26H27F2N5O. The number of nitrogens with zero attached hydrogens (tertiary/aromatic N) is 4. The van der Waals surface area contributed by atoms with Gasteiger partial charge < -0.3 is 5.11 Å². The third-order valence-corrected chi connectivity index (χ3v) is 5.82. The van der Waals surface area contributed by atoms with Crippen LogP contribution in [0.1, 0.15) is 69.1 Å². The Labute approximate surface area is 197 Å². The van der Waals surface area contributed by atoms with Crippen molar-refractivity contribution in [2.24, 2.45) is 0 Å². The molecule has 0 aliphatic heterocycles. The molecule has 4 rings (SSSR count). The Morgan fingerprint density at radius 2 is 1.56 bits per heavy atom. The normalized spacial score (nSPS) is 12.9. The third-order valence-electron chi connectivity index (χ3n) is 5.82. The fourth-order valence-electron chi connectivity index (χ4n) is 3.82. The number of hydrogen-bond donors (Lipinski definition) is 2. The van der Waals surface area contributed by atoms with Gasteiger partial charge in [0.05, 0.1) is 28.3 Å². The van der Waals surface area contributed by atoms with Crippen molar-refractivity contribution in [2.45, 2.75) is 52.1 Å². The average molecular weight is 464 g/mol. The quantitative estimate of drug-likeness (QED) is 0.382. The fraction of sp³-hybridized carbons (Fsp3) is 0.308. The first-order chi connectivity index (χ1) is 16.1. The van der Waals surface area contributed by atoms with Gasteiger partial charge in [-0.25, -0.2) is 8.78 Å². The van der Waals surface area contributed by atoms with Crippen LogP contribution in [0.15, 0.2) is 48.5 Å². The van der Waals surface area contributed by atoms with Crippen molar-refractivity contribution in [2.75, 3.05) is 0 Å². The second-order valence-corrected chi connectivity index (χ2v) is 9.22. The predicted molar refractivity (Wildman–Crippen MR) is 126 cm³/mol. The van der Waals surface area contributed by atoms with Gasteiger partial charge in [0.2, 0.25) is 0 Å². The van der Waals surface area contributed by atoms with Crippen LogP contribution in [-0.2, 0) is 5.60 Å². The summed E-state index contributed by atoms with van der Waals surface area (Å²) in [6.45, 7) is 9.33. The summed E-state index contributed by atoms with van der Waals surface area (Å²) in [5.41, 5.74) is 3.09. The molecular weight excluding hydrogens is 436 g/mol. The van der Waals surface area contributed by atoms with Crippen LogP contribution in [0, 0.1) is 11.6 Å². The molecule has 0 saturated carbocycles. The monoisotopic (exact) mass is 463 g/mol. The summed E-state index contributed by atoms with van der Waals surface area (Å²) in [7, 11) is 0. The lowest BCUT2D eigenvalue weighted by Gasteiger charge is -2.18. The molecule has 0 aliphatic carbocycles. The highest BCUT2D eigenvalue weighted by Gasteiger charge is 2.23. The molecule has 0 bridgehead atoms. The third kappa shape index (κ3) is 4.59. The molecule has 1 atom stereocenters. The van der Waals surface area contributed by atoms with Gasteiger partial charge in [-0.15, -0.1) is 0 Å². The average Bonchev–Trinajstić information content (AvgIpc) is 3.30. The van der Waals surface area contributed by atoms with E-state index in [0.29, 0.717) is 22.8 Å². The van der Waals surface area contributed by atoms with E-state index in [1.54, 1.807) is 26.0 Å². The van der Waals surface area contributed by atoms with Crippen LogP contribution >= 0.6 is 0 Å². The Morgan fingerprint density at radius 3 is 2.18 bits per heavy atom. The number of pyridine rings is 1. The van der Waals surface area contributed by atoms with Crippen LogP contribution in [-0.4, -0.2) is 30.5 Å². The van der Waals surface area contributed by atoms with Gasteiger partial charge in [-0.2, -0.15) is 15.3 Å². The van der Waals surface area contributed by atoms with Crippen LogP contribution in [0.25, 0.3) is 22.6 Å². The lowest BCUT2D eigenvalue weighted by molar-refractivity contribution is 0.0738. The number of benzene rings is 1. The highest BCUT2D eigenvalue weighted by atomic mass is 19.1. The number of nitrogens with one attached hydrogen (secondary N) is 1. The maximum atomic E-state index is 14.3. The minimum Gasteiger partial charge on any atom is -0.384 e. The molecule has 0 fully saturated rings. The second kappa shape index (κ2) is 9.02. The van der Waals surface area contributed by atoms with Crippen molar-refractivity contribution >= 4 is 0 Å². The van der Waals surface area contributed by atoms with E-state index in [9.17, 15) is 13.9 Å². The molecule has 2 N–H and O–H groups in total. The van der Waals surface area contributed by atoms with Gasteiger partial charge in [-0.3, -0.25) is 10.1 Å². The van der Waals surface area contributed by atoms with E-state index in [4.69, 9.17) is 4.98 Å². The van der Waals surface area contributed by atoms with Crippen molar-refractivity contribution in [3.8, 4) is 22.6 Å². The van der Waals surface area contributed by atoms with Crippen LogP contribution < -0.4 is 0 Å². The fourth-order valence-corrected chi connectivity index (χ4v) is 3.82. The van der Waals surface area contributed by atoms with Gasteiger partial charge in [-0.05, 0) is 61.7 Å². The van der Waals surface area contributed by atoms with Crippen molar-refractivity contribution in [3.63, 3.8) is 0 Å². The molecule has 4 aromatic rings. The summed E-state index contributed by atoms with van der Waals surface area (Å²) in [5, 5.41) is 25.9. The Morgan fingerprint density at radius 1 is 0.882 bits per heavy atom. The minimum absolute atomic E-state index is 0.0467. The first kappa shape index (κ1) is 23.6. The molecule has 34 heavy (non-hydrogen) atoms. The highest BCUT2D eigenvalue weighted by Crippen LogP contribution is 2.33. The molecule has 0 amide bonds. The molecule has 176 valence electrons. The number of H-pyrrole nitrogens is 1. The zero-order valence-corrected chi connectivity index (χ0v) is 19.8. The van der Waals surface area contributed by atoms with E-state index in [-0.39, 0.29) is 23.1 Å². The van der Waals surface area contributed by atoms with Crippen LogP contribution in [0.4, 0.5) is 8.78 Å². The van der Waals surface area contributed by atoms with Gasteiger partial charge in [-0.1, -0.05) is 32.9 Å². The van der Waals surface area contributed by atoms with Gasteiger partial charge in [0.15, 0.2) is 0 Å². The first-order valence-electron chi connectivity index (χ1n) is 11.1. The van der Waals surface area contributed by atoms with Crippen LogP contribution in [0.5, 0.6) is 0 Å². The zero-order valence-electron chi connectivity index (χ0n) is 19.8. The van der Waals surface area contributed by atoms with E-state index in [1.165, 1.54) is 18.2 Å². The Hall–Kier alpha value is -3.52. The summed E-state index contributed by atoms with van der Waals surface area (Å²) in [4.78, 5) is 4.77. The van der Waals surface area contributed by atoms with Crippen LogP contribution in [0.3, 0.4) is 0 Å². The maximum Gasteiger partial charge on any atom is 0.135 e. The maximum absolute atomic E-state index is 14.3. The number of halogens is 2. The molecule has 6 nitrogen and oxygen atoms in total. The van der Waals surface area contributed by atoms with E-state index in [2.05, 4.69) is 20.4 Å². The number of rotatable bonds is 6. The second-order valence-electron chi connectivity index (χ2n) is 9.22. The zero-order chi connectivity index (χ0) is 24.6. The summed E-state index contributed by atoms with van der Waals surface area (Å²) >= 11 is 0. The Kier molecular flexibility index (Phi) is 6.27. The molecule has 0 aliphatic rings.